The summed E-state index contributed by atoms with van der Waals surface area (Å²) in [7, 11) is 0. The molecule has 1 fully saturated rings. The molecule has 2 atom stereocenters. The van der Waals surface area contributed by atoms with E-state index in [1.165, 1.54) is 0 Å². The molecule has 1 aliphatic carbocycles. The number of amides is 1. The number of hydrogen-bond donors (Lipinski definition) is 2. The summed E-state index contributed by atoms with van der Waals surface area (Å²) in [6.07, 6.45) is 4.05. The first-order valence-electron chi connectivity index (χ1n) is 7.69. The highest BCUT2D eigenvalue weighted by Crippen LogP contribution is 2.42. The van der Waals surface area contributed by atoms with E-state index in [2.05, 4.69) is 12.2 Å². The fourth-order valence-corrected chi connectivity index (χ4v) is 2.72. The number of carbonyl (C=O) groups is 1. The molecular formula is C17H25NO2. The van der Waals surface area contributed by atoms with Crippen LogP contribution in [0.5, 0.6) is 0 Å². The summed E-state index contributed by atoms with van der Waals surface area (Å²) >= 11 is 0. The smallest absolute Gasteiger partial charge is 0.227 e. The number of carbonyl (C=O) groups excluding carboxylic acids is 1. The number of rotatable bonds is 8. The second-order valence-electron chi connectivity index (χ2n) is 5.76. The molecule has 0 heterocycles. The predicted octanol–water partition coefficient (Wildman–Crippen LogP) is 2.71. The molecule has 1 aliphatic rings. The van der Waals surface area contributed by atoms with Crippen LogP contribution in [0.25, 0.3) is 0 Å². The molecule has 110 valence electrons. The van der Waals surface area contributed by atoms with E-state index in [-0.39, 0.29) is 18.4 Å². The van der Waals surface area contributed by atoms with Gasteiger partial charge in [-0.3, -0.25) is 4.79 Å². The fourth-order valence-electron chi connectivity index (χ4n) is 2.72. The summed E-state index contributed by atoms with van der Waals surface area (Å²) in [5.41, 5.74) is 1.13. The van der Waals surface area contributed by atoms with Gasteiger partial charge in [-0.2, -0.15) is 0 Å². The van der Waals surface area contributed by atoms with Crippen LogP contribution in [0, 0.1) is 11.8 Å². The highest BCUT2D eigenvalue weighted by atomic mass is 16.3. The summed E-state index contributed by atoms with van der Waals surface area (Å²) < 4.78 is 0. The van der Waals surface area contributed by atoms with Crippen LogP contribution in [0.3, 0.4) is 0 Å². The second-order valence-corrected chi connectivity index (χ2v) is 5.76. The van der Waals surface area contributed by atoms with Crippen LogP contribution in [-0.4, -0.2) is 24.2 Å². The van der Waals surface area contributed by atoms with Crippen molar-refractivity contribution in [2.24, 2.45) is 11.8 Å². The first kappa shape index (κ1) is 15.0. The van der Waals surface area contributed by atoms with Gasteiger partial charge in [-0.05, 0) is 36.7 Å². The first-order chi connectivity index (χ1) is 9.76. The molecular weight excluding hydrogens is 250 g/mol. The predicted molar refractivity (Wildman–Crippen MR) is 80.4 cm³/mol. The number of nitrogens with one attached hydrogen (secondary N) is 1. The Morgan fingerprint density at radius 3 is 2.60 bits per heavy atom. The van der Waals surface area contributed by atoms with E-state index in [9.17, 15) is 4.79 Å². The van der Waals surface area contributed by atoms with Gasteiger partial charge in [-0.15, -0.1) is 0 Å². The van der Waals surface area contributed by atoms with Crippen LogP contribution in [0.2, 0.25) is 0 Å². The van der Waals surface area contributed by atoms with Gasteiger partial charge in [0.2, 0.25) is 5.91 Å². The number of hydrogen-bond acceptors (Lipinski definition) is 2. The van der Waals surface area contributed by atoms with Gasteiger partial charge in [-0.1, -0.05) is 43.7 Å². The van der Waals surface area contributed by atoms with Crippen molar-refractivity contribution in [3.8, 4) is 0 Å². The molecule has 3 nitrogen and oxygen atoms in total. The Bertz CT molecular complexity index is 414. The summed E-state index contributed by atoms with van der Waals surface area (Å²) in [5.74, 6) is 1.04. The van der Waals surface area contributed by atoms with Crippen molar-refractivity contribution in [2.75, 3.05) is 13.2 Å². The SMILES string of the molecule is CCC(CCO)CNC(=O)C(c1ccccc1)C1CC1. The average molecular weight is 275 g/mol. The Labute approximate surface area is 121 Å². The summed E-state index contributed by atoms with van der Waals surface area (Å²) in [5, 5.41) is 12.1. The molecule has 2 unspecified atom stereocenters. The summed E-state index contributed by atoms with van der Waals surface area (Å²) in [6.45, 7) is 2.97. The highest BCUT2D eigenvalue weighted by molar-refractivity contribution is 5.84. The van der Waals surface area contributed by atoms with Gasteiger partial charge in [0, 0.05) is 13.2 Å². The zero-order valence-electron chi connectivity index (χ0n) is 12.2. The highest BCUT2D eigenvalue weighted by Gasteiger charge is 2.37. The maximum atomic E-state index is 12.5. The second kappa shape index (κ2) is 7.44. The van der Waals surface area contributed by atoms with Gasteiger partial charge < -0.3 is 10.4 Å². The van der Waals surface area contributed by atoms with Gasteiger partial charge in [0.1, 0.15) is 0 Å². The quantitative estimate of drug-likeness (QED) is 0.766. The van der Waals surface area contributed by atoms with E-state index in [1.807, 2.05) is 30.3 Å². The zero-order chi connectivity index (χ0) is 14.4. The van der Waals surface area contributed by atoms with Crippen molar-refractivity contribution in [1.82, 2.24) is 5.32 Å². The van der Waals surface area contributed by atoms with Crippen molar-refractivity contribution < 1.29 is 9.90 Å². The largest absolute Gasteiger partial charge is 0.396 e. The van der Waals surface area contributed by atoms with Crippen LogP contribution in [-0.2, 0) is 4.79 Å². The van der Waals surface area contributed by atoms with Crippen molar-refractivity contribution in [1.29, 1.82) is 0 Å². The van der Waals surface area contributed by atoms with Crippen molar-refractivity contribution in [3.05, 3.63) is 35.9 Å². The zero-order valence-corrected chi connectivity index (χ0v) is 12.2. The van der Waals surface area contributed by atoms with E-state index in [0.717, 1.165) is 31.2 Å². The van der Waals surface area contributed by atoms with E-state index >= 15 is 0 Å². The molecule has 1 saturated carbocycles. The molecule has 3 heteroatoms. The number of aliphatic hydroxyl groups is 1. The lowest BCUT2D eigenvalue weighted by Crippen LogP contribution is -2.34. The summed E-state index contributed by atoms with van der Waals surface area (Å²) in [4.78, 5) is 12.5. The maximum Gasteiger partial charge on any atom is 0.227 e. The Morgan fingerprint density at radius 2 is 2.05 bits per heavy atom. The van der Waals surface area contributed by atoms with E-state index in [4.69, 9.17) is 5.11 Å². The molecule has 0 aromatic heterocycles. The van der Waals surface area contributed by atoms with Gasteiger partial charge in [-0.25, -0.2) is 0 Å². The third kappa shape index (κ3) is 4.07. The standard InChI is InChI=1S/C17H25NO2/c1-2-13(10-11-19)12-18-17(20)16(15-8-9-15)14-6-4-3-5-7-14/h3-7,13,15-16,19H,2,8-12H2,1H3,(H,18,20). The van der Waals surface area contributed by atoms with Crippen molar-refractivity contribution in [2.45, 2.75) is 38.5 Å². The normalized spacial score (nSPS) is 17.5. The van der Waals surface area contributed by atoms with Crippen LogP contribution in [0.1, 0.15) is 44.1 Å². The Hall–Kier alpha value is -1.35. The molecule has 1 aromatic carbocycles. The molecule has 2 N–H and O–H groups in total. The third-order valence-corrected chi connectivity index (χ3v) is 4.21. The van der Waals surface area contributed by atoms with Crippen LogP contribution < -0.4 is 5.32 Å². The van der Waals surface area contributed by atoms with Crippen LogP contribution >= 0.6 is 0 Å². The molecule has 0 aliphatic heterocycles. The number of benzene rings is 1. The van der Waals surface area contributed by atoms with E-state index in [1.54, 1.807) is 0 Å². The van der Waals surface area contributed by atoms with Gasteiger partial charge in [0.15, 0.2) is 0 Å². The monoisotopic (exact) mass is 275 g/mol. The van der Waals surface area contributed by atoms with Crippen molar-refractivity contribution in [3.63, 3.8) is 0 Å². The Kier molecular flexibility index (Phi) is 5.60. The van der Waals surface area contributed by atoms with Crippen LogP contribution in [0.4, 0.5) is 0 Å². The van der Waals surface area contributed by atoms with Crippen molar-refractivity contribution >= 4 is 5.91 Å². The molecule has 0 bridgehead atoms. The lowest BCUT2D eigenvalue weighted by molar-refractivity contribution is -0.123. The lowest BCUT2D eigenvalue weighted by atomic mass is 9.93. The molecule has 0 spiro atoms. The number of aliphatic hydroxyl groups excluding tert-OH is 1. The minimum absolute atomic E-state index is 0.00262. The topological polar surface area (TPSA) is 49.3 Å². The van der Waals surface area contributed by atoms with Gasteiger partial charge in [0.05, 0.1) is 5.92 Å². The molecule has 2 rings (SSSR count). The molecule has 0 saturated heterocycles. The molecule has 1 aromatic rings. The minimum Gasteiger partial charge on any atom is -0.396 e. The molecule has 0 radical (unpaired) electrons. The Morgan fingerprint density at radius 1 is 1.35 bits per heavy atom. The summed E-state index contributed by atoms with van der Waals surface area (Å²) in [6, 6.07) is 10.1. The fraction of sp³-hybridized carbons (Fsp3) is 0.588. The minimum atomic E-state index is 0.00262. The average Bonchev–Trinajstić information content (AvgIpc) is 3.29. The van der Waals surface area contributed by atoms with Gasteiger partial charge in [0.25, 0.3) is 0 Å². The van der Waals surface area contributed by atoms with E-state index in [0.29, 0.717) is 18.4 Å². The first-order valence-corrected chi connectivity index (χ1v) is 7.69. The lowest BCUT2D eigenvalue weighted by Gasteiger charge is -2.19. The van der Waals surface area contributed by atoms with Crippen LogP contribution in [0.15, 0.2) is 30.3 Å². The van der Waals surface area contributed by atoms with E-state index < -0.39 is 0 Å². The molecule has 1 amide bonds. The maximum absolute atomic E-state index is 12.5. The van der Waals surface area contributed by atoms with Gasteiger partial charge >= 0.3 is 0 Å². The third-order valence-electron chi connectivity index (χ3n) is 4.21. The Balaban J connectivity index is 1.94. The molecule has 20 heavy (non-hydrogen) atoms.